The Kier molecular flexibility index (Phi) is 6.83. The van der Waals surface area contributed by atoms with Crippen LogP contribution in [0.2, 0.25) is 0 Å². The molecule has 2 fully saturated rings. The third-order valence-electron chi connectivity index (χ3n) is 5.53. The molecule has 1 saturated heterocycles. The summed E-state index contributed by atoms with van der Waals surface area (Å²) >= 11 is 0. The van der Waals surface area contributed by atoms with Crippen LogP contribution in [0.5, 0.6) is 5.75 Å². The van der Waals surface area contributed by atoms with E-state index in [1.54, 1.807) is 11.0 Å². The van der Waals surface area contributed by atoms with Crippen molar-refractivity contribution in [3.8, 4) is 5.75 Å². The second-order valence-electron chi connectivity index (χ2n) is 7.59. The molecule has 3 rings (SSSR count). The molecule has 0 spiro atoms. The Labute approximate surface area is 163 Å². The number of halogens is 2. The third-order valence-corrected chi connectivity index (χ3v) is 5.53. The first-order valence-corrected chi connectivity index (χ1v) is 9.83. The minimum absolute atomic E-state index is 0.0462. The highest BCUT2D eigenvalue weighted by molar-refractivity contribution is 5.97. The van der Waals surface area contributed by atoms with E-state index in [2.05, 4.69) is 10.1 Å². The van der Waals surface area contributed by atoms with Gasteiger partial charge in [0, 0.05) is 25.2 Å². The molecular weight excluding hydrogens is 368 g/mol. The minimum atomic E-state index is -3.00. The summed E-state index contributed by atoms with van der Waals surface area (Å²) in [5.74, 6) is -0.878. The maximum atomic E-state index is 12.9. The number of amides is 2. The molecule has 28 heavy (non-hydrogen) atoms. The molecule has 0 aromatic heterocycles. The number of carbonyl (C=O) groups is 2. The first-order chi connectivity index (χ1) is 13.4. The maximum absolute atomic E-state index is 12.9. The first-order valence-electron chi connectivity index (χ1n) is 9.83. The average Bonchev–Trinajstić information content (AvgIpc) is 2.69. The number of benzene rings is 1. The molecule has 3 N–H and O–H groups in total. The van der Waals surface area contributed by atoms with Crippen molar-refractivity contribution in [1.29, 1.82) is 0 Å². The molecule has 1 aliphatic carbocycles. The molecule has 1 aromatic rings. The number of piperidine rings is 1. The number of carbonyl (C=O) groups excluding carboxylic acids is 2. The van der Waals surface area contributed by atoms with E-state index in [4.69, 9.17) is 5.73 Å². The van der Waals surface area contributed by atoms with Crippen LogP contribution in [0.1, 0.15) is 48.9 Å². The van der Waals surface area contributed by atoms with Gasteiger partial charge in [-0.25, -0.2) is 0 Å². The molecule has 2 amide bonds. The number of nitrogens with two attached hydrogens (primary N) is 1. The maximum Gasteiger partial charge on any atom is 0.387 e. The molecule has 1 saturated carbocycles. The molecule has 2 aliphatic rings. The Bertz CT molecular complexity index is 693. The number of alkyl halides is 2. The monoisotopic (exact) mass is 395 g/mol. The quantitative estimate of drug-likeness (QED) is 0.802. The molecular formula is C20H27F2N3O3. The number of ether oxygens (including phenoxy) is 1. The lowest BCUT2D eigenvalue weighted by Crippen LogP contribution is -2.48. The van der Waals surface area contributed by atoms with Crippen LogP contribution in [0, 0.1) is 5.92 Å². The summed E-state index contributed by atoms with van der Waals surface area (Å²) in [6.07, 6.45) is 4.96. The van der Waals surface area contributed by atoms with E-state index in [1.807, 2.05) is 0 Å². The number of para-hydroxylation sites is 1. The van der Waals surface area contributed by atoms with Gasteiger partial charge < -0.3 is 20.7 Å². The summed E-state index contributed by atoms with van der Waals surface area (Å²) in [4.78, 5) is 27.1. The molecule has 1 aliphatic heterocycles. The molecule has 1 atom stereocenters. The Balaban J connectivity index is 1.61. The summed E-state index contributed by atoms with van der Waals surface area (Å²) in [5, 5.41) is 3.09. The lowest BCUT2D eigenvalue weighted by Gasteiger charge is -2.34. The number of nitrogens with zero attached hydrogens (tertiary/aromatic N) is 1. The van der Waals surface area contributed by atoms with E-state index < -0.39 is 12.5 Å². The van der Waals surface area contributed by atoms with E-state index in [9.17, 15) is 18.4 Å². The Morgan fingerprint density at radius 3 is 2.57 bits per heavy atom. The number of rotatable bonds is 5. The van der Waals surface area contributed by atoms with Gasteiger partial charge in [0.15, 0.2) is 0 Å². The normalized spacial score (nSPS) is 25.4. The van der Waals surface area contributed by atoms with Gasteiger partial charge in [0.25, 0.3) is 5.91 Å². The van der Waals surface area contributed by atoms with Crippen molar-refractivity contribution in [3.05, 3.63) is 29.8 Å². The fourth-order valence-corrected chi connectivity index (χ4v) is 3.97. The fourth-order valence-electron chi connectivity index (χ4n) is 3.97. The number of hydrogen-bond acceptors (Lipinski definition) is 4. The minimum Gasteiger partial charge on any atom is -0.434 e. The summed E-state index contributed by atoms with van der Waals surface area (Å²) < 4.78 is 29.7. The SMILES string of the molecule is NC1CCC(NC(=O)C2CCCN(C(=O)c3ccccc3OC(F)F)C2)CC1. The zero-order chi connectivity index (χ0) is 20.1. The van der Waals surface area contributed by atoms with Crippen molar-refractivity contribution in [2.45, 2.75) is 57.2 Å². The van der Waals surface area contributed by atoms with Crippen molar-refractivity contribution in [3.63, 3.8) is 0 Å². The van der Waals surface area contributed by atoms with Crippen molar-refractivity contribution in [2.24, 2.45) is 11.7 Å². The van der Waals surface area contributed by atoms with Crippen LogP contribution in [0.15, 0.2) is 24.3 Å². The van der Waals surface area contributed by atoms with Gasteiger partial charge in [0.1, 0.15) is 5.75 Å². The van der Waals surface area contributed by atoms with Crippen molar-refractivity contribution >= 4 is 11.8 Å². The van der Waals surface area contributed by atoms with Gasteiger partial charge in [-0.2, -0.15) is 8.78 Å². The van der Waals surface area contributed by atoms with Gasteiger partial charge >= 0.3 is 6.61 Å². The van der Waals surface area contributed by atoms with Crippen molar-refractivity contribution < 1.29 is 23.1 Å². The molecule has 0 radical (unpaired) electrons. The van der Waals surface area contributed by atoms with E-state index in [0.29, 0.717) is 19.4 Å². The Morgan fingerprint density at radius 1 is 1.14 bits per heavy atom. The summed E-state index contributed by atoms with van der Waals surface area (Å²) in [6.45, 7) is -2.23. The fraction of sp³-hybridized carbons (Fsp3) is 0.600. The summed E-state index contributed by atoms with van der Waals surface area (Å²) in [7, 11) is 0. The number of nitrogens with one attached hydrogen (secondary N) is 1. The Hall–Kier alpha value is -2.22. The number of hydrogen-bond donors (Lipinski definition) is 2. The molecule has 154 valence electrons. The van der Waals surface area contributed by atoms with Crippen LogP contribution in [0.3, 0.4) is 0 Å². The highest BCUT2D eigenvalue weighted by Crippen LogP contribution is 2.25. The van der Waals surface area contributed by atoms with Gasteiger partial charge in [-0.1, -0.05) is 12.1 Å². The van der Waals surface area contributed by atoms with Crippen LogP contribution in [0.25, 0.3) is 0 Å². The zero-order valence-corrected chi connectivity index (χ0v) is 15.8. The van der Waals surface area contributed by atoms with E-state index in [0.717, 1.165) is 25.7 Å². The topological polar surface area (TPSA) is 84.7 Å². The van der Waals surface area contributed by atoms with Crippen LogP contribution >= 0.6 is 0 Å². The highest BCUT2D eigenvalue weighted by atomic mass is 19.3. The van der Waals surface area contributed by atoms with Gasteiger partial charge in [0.05, 0.1) is 11.5 Å². The average molecular weight is 395 g/mol. The molecule has 1 aromatic carbocycles. The first kappa shape index (κ1) is 20.5. The van der Waals surface area contributed by atoms with E-state index in [1.165, 1.54) is 18.2 Å². The van der Waals surface area contributed by atoms with Crippen molar-refractivity contribution in [1.82, 2.24) is 10.2 Å². The van der Waals surface area contributed by atoms with Crippen LogP contribution < -0.4 is 15.8 Å². The largest absolute Gasteiger partial charge is 0.434 e. The molecule has 8 heteroatoms. The van der Waals surface area contributed by atoms with Crippen LogP contribution in [-0.4, -0.2) is 48.5 Å². The molecule has 1 heterocycles. The van der Waals surface area contributed by atoms with Crippen molar-refractivity contribution in [2.75, 3.05) is 13.1 Å². The summed E-state index contributed by atoms with van der Waals surface area (Å²) in [5.41, 5.74) is 5.99. The summed E-state index contributed by atoms with van der Waals surface area (Å²) in [6, 6.07) is 6.31. The van der Waals surface area contributed by atoms with E-state index >= 15 is 0 Å². The highest BCUT2D eigenvalue weighted by Gasteiger charge is 2.31. The Morgan fingerprint density at radius 2 is 1.86 bits per heavy atom. The molecule has 1 unspecified atom stereocenters. The van der Waals surface area contributed by atoms with Gasteiger partial charge in [-0.15, -0.1) is 0 Å². The number of likely N-dealkylation sites (tertiary alicyclic amines) is 1. The zero-order valence-electron chi connectivity index (χ0n) is 15.8. The lowest BCUT2D eigenvalue weighted by atomic mass is 9.90. The lowest BCUT2D eigenvalue weighted by molar-refractivity contribution is -0.127. The smallest absolute Gasteiger partial charge is 0.387 e. The van der Waals surface area contributed by atoms with Crippen LogP contribution in [0.4, 0.5) is 8.78 Å². The molecule has 6 nitrogen and oxygen atoms in total. The predicted octanol–water partition coefficient (Wildman–Crippen LogP) is 2.53. The van der Waals surface area contributed by atoms with Gasteiger partial charge in [-0.3, -0.25) is 9.59 Å². The second-order valence-corrected chi connectivity index (χ2v) is 7.59. The second kappa shape index (κ2) is 9.32. The molecule has 0 bridgehead atoms. The van der Waals surface area contributed by atoms with Crippen LogP contribution in [-0.2, 0) is 4.79 Å². The predicted molar refractivity (Wildman–Crippen MR) is 100 cm³/mol. The van der Waals surface area contributed by atoms with Gasteiger partial charge in [0.2, 0.25) is 5.91 Å². The standard InChI is InChI=1S/C20H27F2N3O3/c21-20(22)28-17-6-2-1-5-16(17)19(27)25-11-3-4-13(12-25)18(26)24-15-9-7-14(23)8-10-15/h1-2,5-6,13-15,20H,3-4,7-12,23H2,(H,24,26). The van der Waals surface area contributed by atoms with Gasteiger partial charge in [-0.05, 0) is 50.7 Å². The van der Waals surface area contributed by atoms with E-state index in [-0.39, 0.29) is 41.8 Å². The third kappa shape index (κ3) is 5.19.